The van der Waals surface area contributed by atoms with Crippen LogP contribution in [-0.4, -0.2) is 8.80 Å². The fourth-order valence-corrected chi connectivity index (χ4v) is 8.00. The van der Waals surface area contributed by atoms with Crippen LogP contribution in [0.1, 0.15) is 31.4 Å². The second-order valence-corrected chi connectivity index (χ2v) is 10.9. The predicted octanol–water partition coefficient (Wildman–Crippen LogP) is 5.32. The molecule has 0 aliphatic heterocycles. The van der Waals surface area contributed by atoms with E-state index in [9.17, 15) is 0 Å². The van der Waals surface area contributed by atoms with Crippen LogP contribution >= 0.6 is 0 Å². The van der Waals surface area contributed by atoms with Gasteiger partial charge in [-0.1, -0.05) is 126 Å². The summed E-state index contributed by atoms with van der Waals surface area (Å²) in [5, 5.41) is 4.62. The Morgan fingerprint density at radius 1 is 0.750 bits per heavy atom. The van der Waals surface area contributed by atoms with Crippen molar-refractivity contribution in [3.8, 4) is 0 Å². The van der Waals surface area contributed by atoms with Gasteiger partial charge in [0.05, 0.1) is 0 Å². The lowest BCUT2D eigenvalue weighted by atomic mass is 9.94. The highest BCUT2D eigenvalue weighted by Gasteiger charge is 2.30. The first-order chi connectivity index (χ1) is 13.6. The van der Waals surface area contributed by atoms with Crippen LogP contribution in [0, 0.1) is 12.8 Å². The van der Waals surface area contributed by atoms with E-state index in [-0.39, 0.29) is 0 Å². The number of aryl methyl sites for hydroxylation is 1. The summed E-state index contributed by atoms with van der Waals surface area (Å²) < 4.78 is 0. The SMILES string of the molecule is Cc1cccc(C2=C(C(C)C)C([SiH](c3ccccc3)c3ccccc3)=CC2)c1. The molecule has 3 aromatic carbocycles. The molecule has 0 nitrogen and oxygen atoms in total. The standard InChI is InChI=1S/C27H28Si/c1-20(2)27-25(22-12-10-11-21(3)19-22)17-18-26(27)28(23-13-6-4-7-14-23)24-15-8-5-9-16-24/h4-16,18-20,28H,17H2,1-3H3. The molecule has 0 spiro atoms. The second-order valence-electron chi connectivity index (χ2n) is 8.03. The normalized spacial score (nSPS) is 14.1. The first kappa shape index (κ1) is 18.7. The average Bonchev–Trinajstić information content (AvgIpc) is 3.15. The third kappa shape index (κ3) is 3.68. The third-order valence-electron chi connectivity index (χ3n) is 5.68. The molecule has 1 aliphatic rings. The maximum absolute atomic E-state index is 2.53. The minimum atomic E-state index is -1.49. The summed E-state index contributed by atoms with van der Waals surface area (Å²) in [6, 6.07) is 31.3. The number of hydrogen-bond donors (Lipinski definition) is 0. The molecule has 0 radical (unpaired) electrons. The fraction of sp³-hybridized carbons (Fsp3) is 0.185. The number of benzene rings is 3. The molecule has 0 amide bonds. The van der Waals surface area contributed by atoms with Gasteiger partial charge in [0.2, 0.25) is 0 Å². The van der Waals surface area contributed by atoms with Crippen molar-refractivity contribution in [1.82, 2.24) is 0 Å². The molecule has 0 fully saturated rings. The average molecular weight is 381 g/mol. The smallest absolute Gasteiger partial charge is 0.0801 e. The molecule has 28 heavy (non-hydrogen) atoms. The van der Waals surface area contributed by atoms with Gasteiger partial charge in [0, 0.05) is 0 Å². The lowest BCUT2D eigenvalue weighted by Gasteiger charge is -2.24. The van der Waals surface area contributed by atoms with Gasteiger partial charge in [-0.3, -0.25) is 0 Å². The van der Waals surface area contributed by atoms with E-state index in [0.29, 0.717) is 5.92 Å². The highest BCUT2D eigenvalue weighted by molar-refractivity contribution is 6.91. The Morgan fingerprint density at radius 2 is 1.36 bits per heavy atom. The summed E-state index contributed by atoms with van der Waals surface area (Å²) >= 11 is 0. The zero-order valence-corrected chi connectivity index (χ0v) is 18.2. The second kappa shape index (κ2) is 8.16. The number of hydrogen-bond acceptors (Lipinski definition) is 0. The molecule has 0 aromatic heterocycles. The van der Waals surface area contributed by atoms with E-state index < -0.39 is 8.80 Å². The van der Waals surface area contributed by atoms with Gasteiger partial charge in [-0.25, -0.2) is 0 Å². The van der Waals surface area contributed by atoms with Gasteiger partial charge < -0.3 is 0 Å². The molecule has 4 rings (SSSR count). The Bertz CT molecular complexity index is 971. The molecule has 0 N–H and O–H groups in total. The quantitative estimate of drug-likeness (QED) is 0.526. The number of allylic oxidation sites excluding steroid dienone is 4. The molecule has 0 unspecified atom stereocenters. The molecule has 0 atom stereocenters. The molecule has 1 heteroatoms. The van der Waals surface area contributed by atoms with E-state index in [2.05, 4.69) is 112 Å². The van der Waals surface area contributed by atoms with Crippen molar-refractivity contribution < 1.29 is 0 Å². The Labute approximate surface area is 170 Å². The summed E-state index contributed by atoms with van der Waals surface area (Å²) in [6.45, 7) is 6.89. The maximum Gasteiger partial charge on any atom is 0.132 e. The zero-order chi connectivity index (χ0) is 19.5. The van der Waals surface area contributed by atoms with Crippen LogP contribution < -0.4 is 10.4 Å². The van der Waals surface area contributed by atoms with Gasteiger partial charge in [-0.2, -0.15) is 0 Å². The van der Waals surface area contributed by atoms with Crippen LogP contribution in [0.15, 0.2) is 102 Å². The first-order valence-corrected chi connectivity index (χ1v) is 12.0. The van der Waals surface area contributed by atoms with Crippen LogP contribution in [-0.2, 0) is 0 Å². The highest BCUT2D eigenvalue weighted by atomic mass is 28.3. The largest absolute Gasteiger partial charge is 0.132 e. The summed E-state index contributed by atoms with van der Waals surface area (Å²) in [5.74, 6) is 0.520. The van der Waals surface area contributed by atoms with Crippen LogP contribution in [0.25, 0.3) is 5.57 Å². The molecular formula is C27H28Si. The molecule has 0 bridgehead atoms. The number of rotatable bonds is 5. The summed E-state index contributed by atoms with van der Waals surface area (Å²) in [7, 11) is -1.49. The molecule has 140 valence electrons. The summed E-state index contributed by atoms with van der Waals surface area (Å²) in [5.41, 5.74) is 5.83. The van der Waals surface area contributed by atoms with Crippen LogP contribution in [0.2, 0.25) is 0 Å². The minimum Gasteiger partial charge on any atom is -0.0801 e. The summed E-state index contributed by atoms with van der Waals surface area (Å²) in [6.07, 6.45) is 3.58. The van der Waals surface area contributed by atoms with E-state index in [1.807, 2.05) is 0 Å². The highest BCUT2D eigenvalue weighted by Crippen LogP contribution is 2.39. The first-order valence-electron chi connectivity index (χ1n) is 10.3. The maximum atomic E-state index is 2.53. The van der Waals surface area contributed by atoms with Crippen molar-refractivity contribution in [2.24, 2.45) is 5.92 Å². The molecule has 1 aliphatic carbocycles. The Hall–Kier alpha value is -2.64. The van der Waals surface area contributed by atoms with E-state index >= 15 is 0 Å². The molecule has 0 saturated carbocycles. The Balaban J connectivity index is 1.87. The van der Waals surface area contributed by atoms with Crippen molar-refractivity contribution >= 4 is 24.7 Å². The van der Waals surface area contributed by atoms with Crippen molar-refractivity contribution in [1.29, 1.82) is 0 Å². The molecule has 0 saturated heterocycles. The van der Waals surface area contributed by atoms with Crippen LogP contribution in [0.4, 0.5) is 0 Å². The molecular weight excluding hydrogens is 352 g/mol. The monoisotopic (exact) mass is 380 g/mol. The van der Waals surface area contributed by atoms with Crippen molar-refractivity contribution in [2.75, 3.05) is 0 Å². The van der Waals surface area contributed by atoms with E-state index in [0.717, 1.165) is 6.42 Å². The molecule has 0 heterocycles. The zero-order valence-electron chi connectivity index (χ0n) is 17.0. The lowest BCUT2D eigenvalue weighted by molar-refractivity contribution is 0.792. The molecule has 3 aromatic rings. The predicted molar refractivity (Wildman–Crippen MR) is 125 cm³/mol. The summed E-state index contributed by atoms with van der Waals surface area (Å²) in [4.78, 5) is 0. The van der Waals surface area contributed by atoms with Gasteiger partial charge in [0.15, 0.2) is 0 Å². The topological polar surface area (TPSA) is 0 Å². The van der Waals surface area contributed by atoms with Crippen molar-refractivity contribution in [2.45, 2.75) is 27.2 Å². The van der Waals surface area contributed by atoms with Crippen molar-refractivity contribution in [3.63, 3.8) is 0 Å². The van der Waals surface area contributed by atoms with E-state index in [4.69, 9.17) is 0 Å². The van der Waals surface area contributed by atoms with Gasteiger partial charge in [-0.05, 0) is 36.0 Å². The lowest BCUT2D eigenvalue weighted by Crippen LogP contribution is -2.44. The van der Waals surface area contributed by atoms with Gasteiger partial charge in [0.25, 0.3) is 0 Å². The van der Waals surface area contributed by atoms with Gasteiger partial charge >= 0.3 is 0 Å². The van der Waals surface area contributed by atoms with Crippen LogP contribution in [0.5, 0.6) is 0 Å². The minimum absolute atomic E-state index is 0.520. The van der Waals surface area contributed by atoms with E-state index in [1.54, 1.807) is 10.8 Å². The van der Waals surface area contributed by atoms with Gasteiger partial charge in [0.1, 0.15) is 8.80 Å². The van der Waals surface area contributed by atoms with Crippen molar-refractivity contribution in [3.05, 3.63) is 113 Å². The Morgan fingerprint density at radius 3 is 1.89 bits per heavy atom. The van der Waals surface area contributed by atoms with Gasteiger partial charge in [-0.15, -0.1) is 0 Å². The van der Waals surface area contributed by atoms with E-state index in [1.165, 1.54) is 27.1 Å². The van der Waals surface area contributed by atoms with Crippen LogP contribution in [0.3, 0.4) is 0 Å². The third-order valence-corrected chi connectivity index (χ3v) is 8.95. The Kier molecular flexibility index (Phi) is 5.45. The fourth-order valence-electron chi connectivity index (χ4n) is 4.51.